The lowest BCUT2D eigenvalue weighted by Gasteiger charge is -2.44. The number of anilines is 1. The minimum absolute atomic E-state index is 0.221. The molecular formula is C15H21N3O. The van der Waals surface area contributed by atoms with Gasteiger partial charge in [-0.3, -0.25) is 4.79 Å². The van der Waals surface area contributed by atoms with Crippen molar-refractivity contribution < 1.29 is 4.79 Å². The molecule has 2 unspecified atom stereocenters. The van der Waals surface area contributed by atoms with Crippen LogP contribution in [0.4, 0.5) is 5.69 Å². The number of piperidine rings is 1. The molecule has 3 rings (SSSR count). The summed E-state index contributed by atoms with van der Waals surface area (Å²) in [7, 11) is 2.16. The summed E-state index contributed by atoms with van der Waals surface area (Å²) in [6.45, 7) is 0. The number of rotatable bonds is 3. The van der Waals surface area contributed by atoms with Crippen LogP contribution in [0, 0.1) is 0 Å². The van der Waals surface area contributed by atoms with Crippen LogP contribution in [0.1, 0.15) is 25.7 Å². The van der Waals surface area contributed by atoms with Crippen molar-refractivity contribution in [2.75, 3.05) is 12.4 Å². The SMILES string of the molecule is CN1C2CCC1CC(Nc1ccccc1)(C(N)=O)C2. The van der Waals surface area contributed by atoms with E-state index in [-0.39, 0.29) is 5.91 Å². The van der Waals surface area contributed by atoms with Gasteiger partial charge < -0.3 is 16.0 Å². The van der Waals surface area contributed by atoms with Crippen LogP contribution in [-0.4, -0.2) is 35.5 Å². The van der Waals surface area contributed by atoms with E-state index in [4.69, 9.17) is 5.73 Å². The summed E-state index contributed by atoms with van der Waals surface area (Å²) in [5.74, 6) is -0.221. The number of carbonyl (C=O) groups is 1. The summed E-state index contributed by atoms with van der Waals surface area (Å²) in [4.78, 5) is 14.5. The molecule has 0 aromatic heterocycles. The number of primary amides is 1. The molecule has 2 aliphatic rings. The highest BCUT2D eigenvalue weighted by atomic mass is 16.1. The number of hydrogen-bond acceptors (Lipinski definition) is 3. The third-order valence-electron chi connectivity index (χ3n) is 4.78. The summed E-state index contributed by atoms with van der Waals surface area (Å²) in [5.41, 5.74) is 6.12. The van der Waals surface area contributed by atoms with Crippen molar-refractivity contribution in [2.24, 2.45) is 5.73 Å². The highest BCUT2D eigenvalue weighted by Crippen LogP contribution is 2.41. The fourth-order valence-electron chi connectivity index (χ4n) is 3.63. The molecule has 19 heavy (non-hydrogen) atoms. The van der Waals surface area contributed by atoms with Crippen molar-refractivity contribution in [3.63, 3.8) is 0 Å². The zero-order valence-electron chi connectivity index (χ0n) is 11.3. The van der Waals surface area contributed by atoms with Crippen LogP contribution in [0.3, 0.4) is 0 Å². The molecule has 2 fully saturated rings. The Bertz CT molecular complexity index is 460. The first-order valence-electron chi connectivity index (χ1n) is 6.96. The second-order valence-electron chi connectivity index (χ2n) is 5.90. The number of benzene rings is 1. The zero-order valence-corrected chi connectivity index (χ0v) is 11.3. The summed E-state index contributed by atoms with van der Waals surface area (Å²) < 4.78 is 0. The van der Waals surface area contributed by atoms with Crippen LogP contribution in [0.2, 0.25) is 0 Å². The smallest absolute Gasteiger partial charge is 0.243 e. The van der Waals surface area contributed by atoms with Gasteiger partial charge in [-0.05, 0) is 44.9 Å². The van der Waals surface area contributed by atoms with Gasteiger partial charge in [0.15, 0.2) is 0 Å². The van der Waals surface area contributed by atoms with E-state index in [1.54, 1.807) is 0 Å². The van der Waals surface area contributed by atoms with Crippen molar-refractivity contribution in [3.8, 4) is 0 Å². The van der Waals surface area contributed by atoms with Gasteiger partial charge in [0.2, 0.25) is 5.91 Å². The Hall–Kier alpha value is -1.55. The number of fused-ring (bicyclic) bond motifs is 2. The van der Waals surface area contributed by atoms with Gasteiger partial charge in [-0.15, -0.1) is 0 Å². The average Bonchev–Trinajstić information content (AvgIpc) is 2.63. The number of nitrogens with one attached hydrogen (secondary N) is 1. The molecule has 0 radical (unpaired) electrons. The van der Waals surface area contributed by atoms with E-state index in [1.165, 1.54) is 12.8 Å². The molecule has 0 saturated carbocycles. The molecule has 2 heterocycles. The average molecular weight is 259 g/mol. The largest absolute Gasteiger partial charge is 0.371 e. The Labute approximate surface area is 114 Å². The Morgan fingerprint density at radius 3 is 2.37 bits per heavy atom. The Morgan fingerprint density at radius 1 is 1.26 bits per heavy atom. The summed E-state index contributed by atoms with van der Waals surface area (Å²) in [5, 5.41) is 3.41. The highest BCUT2D eigenvalue weighted by molar-refractivity contribution is 5.88. The number of nitrogens with two attached hydrogens (primary N) is 1. The fourth-order valence-corrected chi connectivity index (χ4v) is 3.63. The van der Waals surface area contributed by atoms with Gasteiger partial charge >= 0.3 is 0 Å². The van der Waals surface area contributed by atoms with Gasteiger partial charge in [-0.25, -0.2) is 0 Å². The lowest BCUT2D eigenvalue weighted by molar-refractivity contribution is -0.124. The molecule has 2 aliphatic heterocycles. The third-order valence-corrected chi connectivity index (χ3v) is 4.78. The van der Waals surface area contributed by atoms with E-state index in [2.05, 4.69) is 17.3 Å². The van der Waals surface area contributed by atoms with Crippen LogP contribution in [-0.2, 0) is 4.79 Å². The van der Waals surface area contributed by atoms with E-state index in [9.17, 15) is 4.79 Å². The molecule has 3 N–H and O–H groups in total. The van der Waals surface area contributed by atoms with E-state index >= 15 is 0 Å². The molecular weight excluding hydrogens is 238 g/mol. The van der Waals surface area contributed by atoms with E-state index in [0.717, 1.165) is 18.5 Å². The molecule has 0 spiro atoms. The standard InChI is InChI=1S/C15H21N3O/c1-18-12-7-8-13(18)10-15(9-12,14(16)19)17-11-5-3-2-4-6-11/h2-6,12-13,17H,7-10H2,1H3,(H2,16,19). The molecule has 2 saturated heterocycles. The number of carbonyl (C=O) groups excluding carboxylic acids is 1. The van der Waals surface area contributed by atoms with Crippen molar-refractivity contribution in [1.82, 2.24) is 4.90 Å². The highest BCUT2D eigenvalue weighted by Gasteiger charge is 2.50. The minimum atomic E-state index is -0.584. The van der Waals surface area contributed by atoms with E-state index < -0.39 is 5.54 Å². The van der Waals surface area contributed by atoms with E-state index in [1.807, 2.05) is 30.3 Å². The first-order valence-corrected chi connectivity index (χ1v) is 6.96. The monoisotopic (exact) mass is 259 g/mol. The third kappa shape index (κ3) is 2.10. The molecule has 2 bridgehead atoms. The zero-order chi connectivity index (χ0) is 13.5. The molecule has 4 nitrogen and oxygen atoms in total. The minimum Gasteiger partial charge on any atom is -0.371 e. The summed E-state index contributed by atoms with van der Waals surface area (Å²) in [6.07, 6.45) is 3.97. The molecule has 1 amide bonds. The first kappa shape index (κ1) is 12.5. The van der Waals surface area contributed by atoms with Gasteiger partial charge in [0.05, 0.1) is 0 Å². The maximum atomic E-state index is 12.0. The molecule has 2 atom stereocenters. The van der Waals surface area contributed by atoms with Gasteiger partial charge in [-0.1, -0.05) is 18.2 Å². The quantitative estimate of drug-likeness (QED) is 0.866. The van der Waals surface area contributed by atoms with Crippen molar-refractivity contribution >= 4 is 11.6 Å². The lowest BCUT2D eigenvalue weighted by atomic mass is 9.82. The van der Waals surface area contributed by atoms with Gasteiger partial charge in [0, 0.05) is 17.8 Å². The summed E-state index contributed by atoms with van der Waals surface area (Å²) >= 11 is 0. The van der Waals surface area contributed by atoms with Crippen LogP contribution in [0.25, 0.3) is 0 Å². The lowest BCUT2D eigenvalue weighted by Crippen LogP contribution is -2.59. The Kier molecular flexibility index (Phi) is 2.97. The van der Waals surface area contributed by atoms with Gasteiger partial charge in [0.25, 0.3) is 0 Å². The molecule has 1 aromatic rings. The summed E-state index contributed by atoms with van der Waals surface area (Å²) in [6, 6.07) is 10.8. The molecule has 1 aromatic carbocycles. The van der Waals surface area contributed by atoms with Crippen LogP contribution >= 0.6 is 0 Å². The van der Waals surface area contributed by atoms with Crippen LogP contribution in [0.5, 0.6) is 0 Å². The number of amides is 1. The number of nitrogens with zero attached hydrogens (tertiary/aromatic N) is 1. The molecule has 0 aliphatic carbocycles. The second kappa shape index (κ2) is 4.53. The van der Waals surface area contributed by atoms with Crippen molar-refractivity contribution in [3.05, 3.63) is 30.3 Å². The topological polar surface area (TPSA) is 58.4 Å². The molecule has 4 heteroatoms. The predicted molar refractivity (Wildman–Crippen MR) is 75.8 cm³/mol. The van der Waals surface area contributed by atoms with Crippen molar-refractivity contribution in [1.29, 1.82) is 0 Å². The Balaban J connectivity index is 1.87. The van der Waals surface area contributed by atoms with E-state index in [0.29, 0.717) is 12.1 Å². The molecule has 102 valence electrons. The number of hydrogen-bond donors (Lipinski definition) is 2. The fraction of sp³-hybridized carbons (Fsp3) is 0.533. The van der Waals surface area contributed by atoms with Gasteiger partial charge in [-0.2, -0.15) is 0 Å². The van der Waals surface area contributed by atoms with Crippen LogP contribution in [0.15, 0.2) is 30.3 Å². The van der Waals surface area contributed by atoms with Gasteiger partial charge in [0.1, 0.15) is 5.54 Å². The normalized spacial score (nSPS) is 34.2. The number of para-hydroxylation sites is 1. The Morgan fingerprint density at radius 2 is 1.84 bits per heavy atom. The van der Waals surface area contributed by atoms with Crippen LogP contribution < -0.4 is 11.1 Å². The van der Waals surface area contributed by atoms with Crippen molar-refractivity contribution in [2.45, 2.75) is 43.3 Å². The second-order valence-corrected chi connectivity index (χ2v) is 5.90. The predicted octanol–water partition coefficient (Wildman–Crippen LogP) is 1.58. The maximum Gasteiger partial charge on any atom is 0.243 e. The maximum absolute atomic E-state index is 12.0. The first-order chi connectivity index (χ1) is 9.11.